The van der Waals surface area contributed by atoms with Gasteiger partial charge in [0.05, 0.1) is 0 Å². The fourth-order valence-electron chi connectivity index (χ4n) is 1.54. The van der Waals surface area contributed by atoms with E-state index in [-0.39, 0.29) is 0 Å². The Labute approximate surface area is 99.5 Å². The summed E-state index contributed by atoms with van der Waals surface area (Å²) in [4.78, 5) is 0. The van der Waals surface area contributed by atoms with E-state index in [4.69, 9.17) is 0 Å². The fourth-order valence-corrected chi connectivity index (χ4v) is 2.40. The third-order valence-corrected chi connectivity index (χ3v) is 3.34. The van der Waals surface area contributed by atoms with Crippen LogP contribution in [0.15, 0.2) is 60.3 Å². The second-order valence-corrected chi connectivity index (χ2v) is 4.96. The molecule has 0 saturated heterocycles. The predicted molar refractivity (Wildman–Crippen MR) is 72.0 cm³/mol. The van der Waals surface area contributed by atoms with Crippen LogP contribution in [0.5, 0.6) is 0 Å². The Bertz CT molecular complexity index is 472. The summed E-state index contributed by atoms with van der Waals surface area (Å²) < 4.78 is 0. The van der Waals surface area contributed by atoms with Crippen molar-refractivity contribution in [2.24, 2.45) is 0 Å². The van der Waals surface area contributed by atoms with Gasteiger partial charge in [0.25, 0.3) is 0 Å². The van der Waals surface area contributed by atoms with Crippen LogP contribution in [0, 0.1) is 6.92 Å². The summed E-state index contributed by atoms with van der Waals surface area (Å²) in [7, 11) is 0.746. The van der Waals surface area contributed by atoms with Crippen LogP contribution in [0.25, 0.3) is 6.08 Å². The van der Waals surface area contributed by atoms with Crippen LogP contribution in [-0.2, 0) is 0 Å². The maximum atomic E-state index is 2.24. The Morgan fingerprint density at radius 2 is 1.75 bits per heavy atom. The molecule has 0 aromatic heterocycles. The molecular formula is C15H14Si. The van der Waals surface area contributed by atoms with Gasteiger partial charge in [-0.05, 0) is 12.5 Å². The number of aryl methyl sites for hydroxylation is 1. The van der Waals surface area contributed by atoms with E-state index >= 15 is 0 Å². The van der Waals surface area contributed by atoms with Gasteiger partial charge in [-0.3, -0.25) is 0 Å². The quantitative estimate of drug-likeness (QED) is 0.700. The number of benzene rings is 2. The molecule has 2 aromatic carbocycles. The molecule has 0 bridgehead atoms. The molecule has 0 amide bonds. The number of hydrogen-bond acceptors (Lipinski definition) is 0. The first-order valence-corrected chi connectivity index (χ1v) is 6.47. The summed E-state index contributed by atoms with van der Waals surface area (Å²) in [5.74, 6) is 0. The standard InChI is InChI=1S/C15H14Si/c1-13-6-5-7-14(12-13)10-11-16-15-8-3-2-4-9-15/h2-12H,1H3/b11-10+. The van der Waals surface area contributed by atoms with Gasteiger partial charge in [-0.15, -0.1) is 0 Å². The lowest BCUT2D eigenvalue weighted by Crippen LogP contribution is -2.09. The molecule has 0 unspecified atom stereocenters. The van der Waals surface area contributed by atoms with Gasteiger partial charge >= 0.3 is 0 Å². The lowest BCUT2D eigenvalue weighted by atomic mass is 10.1. The first-order chi connectivity index (χ1) is 7.84. The van der Waals surface area contributed by atoms with Crippen molar-refractivity contribution in [3.8, 4) is 0 Å². The van der Waals surface area contributed by atoms with Gasteiger partial charge in [-0.25, -0.2) is 0 Å². The summed E-state index contributed by atoms with van der Waals surface area (Å²) in [6.07, 6.45) is 2.19. The van der Waals surface area contributed by atoms with Gasteiger partial charge in [0.2, 0.25) is 0 Å². The summed E-state index contributed by atoms with van der Waals surface area (Å²) >= 11 is 0. The van der Waals surface area contributed by atoms with E-state index in [0.29, 0.717) is 0 Å². The molecule has 0 atom stereocenters. The van der Waals surface area contributed by atoms with Crippen molar-refractivity contribution in [3.05, 3.63) is 71.4 Å². The minimum atomic E-state index is 0.746. The van der Waals surface area contributed by atoms with Gasteiger partial charge < -0.3 is 0 Å². The highest BCUT2D eigenvalue weighted by molar-refractivity contribution is 6.59. The second kappa shape index (κ2) is 5.47. The Kier molecular flexibility index (Phi) is 3.73. The van der Waals surface area contributed by atoms with Crippen molar-refractivity contribution < 1.29 is 0 Å². The van der Waals surface area contributed by atoms with Crippen molar-refractivity contribution in [2.75, 3.05) is 0 Å². The van der Waals surface area contributed by atoms with Crippen LogP contribution in [-0.4, -0.2) is 9.52 Å². The number of hydrogen-bond donors (Lipinski definition) is 0. The maximum Gasteiger partial charge on any atom is 0.111 e. The van der Waals surface area contributed by atoms with Crippen molar-refractivity contribution in [2.45, 2.75) is 6.92 Å². The highest BCUT2D eigenvalue weighted by atomic mass is 28.2. The zero-order chi connectivity index (χ0) is 11.2. The van der Waals surface area contributed by atoms with E-state index < -0.39 is 0 Å². The largest absolute Gasteiger partial charge is 0.111 e. The van der Waals surface area contributed by atoms with Gasteiger partial charge in [0.15, 0.2) is 0 Å². The molecule has 0 spiro atoms. The first-order valence-electron chi connectivity index (χ1n) is 5.39. The molecule has 0 aliphatic rings. The first kappa shape index (κ1) is 10.9. The van der Waals surface area contributed by atoms with Crippen LogP contribution in [0.1, 0.15) is 11.1 Å². The summed E-state index contributed by atoms with van der Waals surface area (Å²) in [5, 5.41) is 1.38. The lowest BCUT2D eigenvalue weighted by Gasteiger charge is -1.96. The predicted octanol–water partition coefficient (Wildman–Crippen LogP) is 3.00. The average molecular weight is 222 g/mol. The molecule has 2 radical (unpaired) electrons. The van der Waals surface area contributed by atoms with Crippen LogP contribution in [0.2, 0.25) is 0 Å². The molecule has 0 nitrogen and oxygen atoms in total. The van der Waals surface area contributed by atoms with E-state index in [1.807, 2.05) is 0 Å². The van der Waals surface area contributed by atoms with Crippen LogP contribution in [0.4, 0.5) is 0 Å². The van der Waals surface area contributed by atoms with Crippen molar-refractivity contribution in [1.82, 2.24) is 0 Å². The molecule has 78 valence electrons. The monoisotopic (exact) mass is 222 g/mol. The third-order valence-electron chi connectivity index (χ3n) is 2.34. The van der Waals surface area contributed by atoms with Crippen molar-refractivity contribution >= 4 is 20.8 Å². The van der Waals surface area contributed by atoms with Gasteiger partial charge in [0, 0.05) is 0 Å². The van der Waals surface area contributed by atoms with E-state index in [9.17, 15) is 0 Å². The molecule has 0 saturated carbocycles. The molecule has 0 aliphatic carbocycles. The smallest absolute Gasteiger partial charge is 0.0927 e. The molecule has 2 rings (SSSR count). The minimum absolute atomic E-state index is 0.746. The number of rotatable bonds is 3. The molecular weight excluding hydrogens is 208 g/mol. The van der Waals surface area contributed by atoms with Crippen LogP contribution in [0.3, 0.4) is 0 Å². The summed E-state index contributed by atoms with van der Waals surface area (Å²) in [6, 6.07) is 19.1. The molecule has 2 aromatic rings. The Hall–Kier alpha value is -1.60. The molecule has 0 fully saturated rings. The average Bonchev–Trinajstić information content (AvgIpc) is 2.30. The normalized spacial score (nSPS) is 10.8. The summed E-state index contributed by atoms with van der Waals surface area (Å²) in [6.45, 7) is 2.12. The molecule has 0 N–H and O–H groups in total. The van der Waals surface area contributed by atoms with Crippen LogP contribution < -0.4 is 5.19 Å². The van der Waals surface area contributed by atoms with Crippen LogP contribution >= 0.6 is 0 Å². The molecule has 1 heteroatoms. The minimum Gasteiger partial charge on any atom is -0.0927 e. The molecule has 0 aliphatic heterocycles. The molecule has 16 heavy (non-hydrogen) atoms. The Morgan fingerprint density at radius 3 is 2.50 bits per heavy atom. The van der Waals surface area contributed by atoms with E-state index in [0.717, 1.165) is 9.52 Å². The van der Waals surface area contributed by atoms with E-state index in [1.165, 1.54) is 16.3 Å². The SMILES string of the molecule is Cc1cccc(/C=C/[Si]c2ccccc2)c1. The summed E-state index contributed by atoms with van der Waals surface area (Å²) in [5.41, 5.74) is 4.83. The zero-order valence-corrected chi connectivity index (χ0v) is 10.4. The fraction of sp³-hybridized carbons (Fsp3) is 0.0667. The molecule has 0 heterocycles. The highest BCUT2D eigenvalue weighted by Crippen LogP contribution is 2.05. The van der Waals surface area contributed by atoms with Gasteiger partial charge in [-0.2, -0.15) is 0 Å². The maximum absolute atomic E-state index is 2.24. The Morgan fingerprint density at radius 1 is 0.938 bits per heavy atom. The highest BCUT2D eigenvalue weighted by Gasteiger charge is 1.89. The Balaban J connectivity index is 2.00. The third kappa shape index (κ3) is 3.21. The zero-order valence-electron chi connectivity index (χ0n) is 9.35. The van der Waals surface area contributed by atoms with Crippen molar-refractivity contribution in [1.29, 1.82) is 0 Å². The van der Waals surface area contributed by atoms with Gasteiger partial charge in [-0.1, -0.05) is 77.1 Å². The van der Waals surface area contributed by atoms with E-state index in [2.05, 4.69) is 73.3 Å². The van der Waals surface area contributed by atoms with Crippen molar-refractivity contribution in [3.63, 3.8) is 0 Å². The topological polar surface area (TPSA) is 0 Å². The van der Waals surface area contributed by atoms with Gasteiger partial charge in [0.1, 0.15) is 9.52 Å². The second-order valence-electron chi connectivity index (χ2n) is 3.76. The van der Waals surface area contributed by atoms with E-state index in [1.54, 1.807) is 0 Å². The lowest BCUT2D eigenvalue weighted by molar-refractivity contribution is 1.46.